The van der Waals surface area contributed by atoms with Crippen molar-refractivity contribution in [3.8, 4) is 5.75 Å². The van der Waals surface area contributed by atoms with Gasteiger partial charge in [-0.3, -0.25) is 9.89 Å². The number of methoxy groups -OCH3 is 1. The summed E-state index contributed by atoms with van der Waals surface area (Å²) < 4.78 is 5.21. The van der Waals surface area contributed by atoms with Gasteiger partial charge in [-0.2, -0.15) is 0 Å². The summed E-state index contributed by atoms with van der Waals surface area (Å²) in [5.41, 5.74) is 2.60. The second kappa shape index (κ2) is 11.1. The number of guanidine groups is 1. The van der Waals surface area contributed by atoms with E-state index < -0.39 is 0 Å². The van der Waals surface area contributed by atoms with Crippen LogP contribution in [0.4, 0.5) is 0 Å². The third kappa shape index (κ3) is 6.39. The fraction of sp³-hybridized carbons (Fsp3) is 0.381. The topological polar surface area (TPSA) is 40.1 Å². The van der Waals surface area contributed by atoms with Gasteiger partial charge in [-0.15, -0.1) is 24.0 Å². The Balaban J connectivity index is 0.00000261. The van der Waals surface area contributed by atoms with Gasteiger partial charge < -0.3 is 15.0 Å². The minimum atomic E-state index is 0. The standard InChI is InChI=1S/C21H28N4O.HI/c1-22-21(23-16-18-8-10-20(26-2)11-9-18)25-14-12-24(13-15-25)17-19-6-4-3-5-7-19;/h3-11H,12-17H2,1-2H3,(H,22,23);1H. The van der Waals surface area contributed by atoms with E-state index in [0.717, 1.165) is 51.0 Å². The van der Waals surface area contributed by atoms with Crippen molar-refractivity contribution >= 4 is 29.9 Å². The SMILES string of the molecule is CN=C(NCc1ccc(OC)cc1)N1CCN(Cc2ccccc2)CC1.I. The highest BCUT2D eigenvalue weighted by Crippen LogP contribution is 2.12. The van der Waals surface area contributed by atoms with Crippen LogP contribution in [0.3, 0.4) is 0 Å². The first-order valence-corrected chi connectivity index (χ1v) is 9.13. The lowest BCUT2D eigenvalue weighted by atomic mass is 10.2. The number of nitrogens with zero attached hydrogens (tertiary/aromatic N) is 3. The number of aliphatic imine (C=N–C) groups is 1. The van der Waals surface area contributed by atoms with Crippen molar-refractivity contribution < 1.29 is 4.74 Å². The molecule has 27 heavy (non-hydrogen) atoms. The molecule has 1 N–H and O–H groups in total. The van der Waals surface area contributed by atoms with Crippen molar-refractivity contribution in [2.45, 2.75) is 13.1 Å². The van der Waals surface area contributed by atoms with Crippen molar-refractivity contribution in [3.05, 3.63) is 65.7 Å². The molecular weight excluding hydrogens is 451 g/mol. The van der Waals surface area contributed by atoms with E-state index in [9.17, 15) is 0 Å². The Hall–Kier alpha value is -1.80. The zero-order valence-corrected chi connectivity index (χ0v) is 18.4. The molecule has 1 heterocycles. The van der Waals surface area contributed by atoms with Crippen LogP contribution in [0.5, 0.6) is 5.75 Å². The molecule has 0 bridgehead atoms. The highest BCUT2D eigenvalue weighted by Gasteiger charge is 2.19. The average Bonchev–Trinajstić information content (AvgIpc) is 2.71. The molecule has 0 saturated carbocycles. The number of halogens is 1. The number of ether oxygens (including phenoxy) is 1. The van der Waals surface area contributed by atoms with Crippen LogP contribution in [0.2, 0.25) is 0 Å². The molecule has 0 atom stereocenters. The summed E-state index contributed by atoms with van der Waals surface area (Å²) in [7, 11) is 3.54. The molecule has 6 heteroatoms. The van der Waals surface area contributed by atoms with E-state index in [1.54, 1.807) is 7.11 Å². The van der Waals surface area contributed by atoms with Gasteiger partial charge in [0.1, 0.15) is 5.75 Å². The molecule has 2 aromatic carbocycles. The van der Waals surface area contributed by atoms with E-state index in [1.807, 2.05) is 19.2 Å². The fourth-order valence-electron chi connectivity index (χ4n) is 3.22. The van der Waals surface area contributed by atoms with Crippen molar-refractivity contribution in [3.63, 3.8) is 0 Å². The van der Waals surface area contributed by atoms with E-state index in [0.29, 0.717) is 0 Å². The first-order valence-electron chi connectivity index (χ1n) is 9.13. The van der Waals surface area contributed by atoms with E-state index in [2.05, 4.69) is 62.6 Å². The Morgan fingerprint density at radius 1 is 0.963 bits per heavy atom. The second-order valence-corrected chi connectivity index (χ2v) is 6.50. The van der Waals surface area contributed by atoms with Crippen LogP contribution in [-0.4, -0.2) is 56.1 Å². The number of rotatable bonds is 5. The number of hydrogen-bond donors (Lipinski definition) is 1. The largest absolute Gasteiger partial charge is 0.497 e. The minimum Gasteiger partial charge on any atom is -0.497 e. The molecule has 0 aromatic heterocycles. The summed E-state index contributed by atoms with van der Waals surface area (Å²) in [5, 5.41) is 3.47. The molecular formula is C21H29IN4O. The Morgan fingerprint density at radius 2 is 1.63 bits per heavy atom. The molecule has 1 fully saturated rings. The monoisotopic (exact) mass is 480 g/mol. The van der Waals surface area contributed by atoms with E-state index in [-0.39, 0.29) is 24.0 Å². The molecule has 0 amide bonds. The van der Waals surface area contributed by atoms with Crippen LogP contribution in [0.1, 0.15) is 11.1 Å². The van der Waals surface area contributed by atoms with Gasteiger partial charge in [0.15, 0.2) is 5.96 Å². The number of nitrogens with one attached hydrogen (secondary N) is 1. The Labute approximate surface area is 179 Å². The summed E-state index contributed by atoms with van der Waals surface area (Å²) in [6.07, 6.45) is 0. The molecule has 0 aliphatic carbocycles. The van der Waals surface area contributed by atoms with Gasteiger partial charge in [0.2, 0.25) is 0 Å². The third-order valence-electron chi connectivity index (χ3n) is 4.74. The van der Waals surface area contributed by atoms with Crippen molar-refractivity contribution in [2.24, 2.45) is 4.99 Å². The summed E-state index contributed by atoms with van der Waals surface area (Å²) in [6, 6.07) is 18.8. The van der Waals surface area contributed by atoms with Crippen molar-refractivity contribution in [1.82, 2.24) is 15.1 Å². The molecule has 0 radical (unpaired) electrons. The normalized spacial score (nSPS) is 15.2. The van der Waals surface area contributed by atoms with Crippen LogP contribution in [0.25, 0.3) is 0 Å². The Kier molecular flexibility index (Phi) is 8.87. The van der Waals surface area contributed by atoms with E-state index >= 15 is 0 Å². The maximum atomic E-state index is 5.21. The molecule has 0 spiro atoms. The van der Waals surface area contributed by atoms with Crippen LogP contribution in [0, 0.1) is 0 Å². The van der Waals surface area contributed by atoms with Gasteiger partial charge in [-0.25, -0.2) is 0 Å². The smallest absolute Gasteiger partial charge is 0.194 e. The second-order valence-electron chi connectivity index (χ2n) is 6.50. The molecule has 146 valence electrons. The Bertz CT molecular complexity index is 698. The molecule has 1 aliphatic rings. The summed E-state index contributed by atoms with van der Waals surface area (Å²) in [6.45, 7) is 5.88. The molecule has 2 aromatic rings. The van der Waals surface area contributed by atoms with Crippen LogP contribution in [-0.2, 0) is 13.1 Å². The van der Waals surface area contributed by atoms with E-state index in [1.165, 1.54) is 11.1 Å². The lowest BCUT2D eigenvalue weighted by Gasteiger charge is -2.36. The number of benzene rings is 2. The number of piperazine rings is 1. The van der Waals surface area contributed by atoms with Gasteiger partial charge >= 0.3 is 0 Å². The average molecular weight is 480 g/mol. The van der Waals surface area contributed by atoms with Gasteiger partial charge in [-0.05, 0) is 23.3 Å². The summed E-state index contributed by atoms with van der Waals surface area (Å²) in [5.74, 6) is 1.85. The van der Waals surface area contributed by atoms with Crippen molar-refractivity contribution in [2.75, 3.05) is 40.3 Å². The quantitative estimate of drug-likeness (QED) is 0.406. The van der Waals surface area contributed by atoms with Gasteiger partial charge in [0, 0.05) is 46.3 Å². The Morgan fingerprint density at radius 3 is 2.22 bits per heavy atom. The minimum absolute atomic E-state index is 0. The van der Waals surface area contributed by atoms with Crippen LogP contribution >= 0.6 is 24.0 Å². The first-order chi connectivity index (χ1) is 12.8. The zero-order valence-electron chi connectivity index (χ0n) is 16.1. The third-order valence-corrected chi connectivity index (χ3v) is 4.74. The predicted molar refractivity (Wildman–Crippen MR) is 122 cm³/mol. The summed E-state index contributed by atoms with van der Waals surface area (Å²) >= 11 is 0. The van der Waals surface area contributed by atoms with Crippen LogP contribution < -0.4 is 10.1 Å². The number of hydrogen-bond acceptors (Lipinski definition) is 3. The fourth-order valence-corrected chi connectivity index (χ4v) is 3.22. The molecule has 1 aliphatic heterocycles. The highest BCUT2D eigenvalue weighted by atomic mass is 127. The lowest BCUT2D eigenvalue weighted by molar-refractivity contribution is 0.172. The molecule has 3 rings (SSSR count). The maximum absolute atomic E-state index is 5.21. The maximum Gasteiger partial charge on any atom is 0.194 e. The lowest BCUT2D eigenvalue weighted by Crippen LogP contribution is -2.52. The van der Waals surface area contributed by atoms with Gasteiger partial charge in [0.05, 0.1) is 7.11 Å². The summed E-state index contributed by atoms with van der Waals surface area (Å²) in [4.78, 5) is 9.30. The van der Waals surface area contributed by atoms with Gasteiger partial charge in [-0.1, -0.05) is 42.5 Å². The first kappa shape index (κ1) is 21.5. The predicted octanol–water partition coefficient (Wildman–Crippen LogP) is 3.21. The molecule has 0 unspecified atom stereocenters. The van der Waals surface area contributed by atoms with E-state index in [4.69, 9.17) is 4.74 Å². The van der Waals surface area contributed by atoms with Crippen LogP contribution in [0.15, 0.2) is 59.6 Å². The van der Waals surface area contributed by atoms with Gasteiger partial charge in [0.25, 0.3) is 0 Å². The zero-order chi connectivity index (χ0) is 18.2. The highest BCUT2D eigenvalue weighted by molar-refractivity contribution is 14.0. The molecule has 1 saturated heterocycles. The van der Waals surface area contributed by atoms with Crippen molar-refractivity contribution in [1.29, 1.82) is 0 Å². The molecule has 5 nitrogen and oxygen atoms in total.